The van der Waals surface area contributed by atoms with Crippen molar-refractivity contribution in [1.82, 2.24) is 15.1 Å². The second kappa shape index (κ2) is 3.46. The van der Waals surface area contributed by atoms with Crippen LogP contribution in [-0.2, 0) is 0 Å². The Kier molecular flexibility index (Phi) is 2.14. The molecule has 1 aromatic heterocycles. The molecule has 60 valence electrons. The third-order valence-corrected chi connectivity index (χ3v) is 2.20. The van der Waals surface area contributed by atoms with Gasteiger partial charge in [0.25, 0.3) is 0 Å². The van der Waals surface area contributed by atoms with E-state index in [9.17, 15) is 0 Å². The van der Waals surface area contributed by atoms with E-state index in [4.69, 9.17) is 0 Å². The van der Waals surface area contributed by atoms with Crippen molar-refractivity contribution < 1.29 is 0 Å². The lowest BCUT2D eigenvalue weighted by atomic mass is 10.1. The molecule has 2 heterocycles. The normalized spacial score (nSPS) is 17.2. The molecule has 2 rings (SSSR count). The summed E-state index contributed by atoms with van der Waals surface area (Å²) in [4.78, 5) is 7.90. The maximum absolute atomic E-state index is 3.95. The molecule has 0 aromatic carbocycles. The molecule has 0 fully saturated rings. The Bertz CT molecular complexity index is 318. The highest BCUT2D eigenvalue weighted by Crippen LogP contribution is 2.21. The van der Waals surface area contributed by atoms with Crippen LogP contribution in [0.1, 0.15) is 5.56 Å². The Labute approximate surface area is 72.5 Å². The van der Waals surface area contributed by atoms with Gasteiger partial charge in [-0.15, -0.1) is 0 Å². The summed E-state index contributed by atoms with van der Waals surface area (Å²) in [5.74, 6) is 2.10. The quantitative estimate of drug-likeness (QED) is 0.661. The molecule has 1 aromatic rings. The molecule has 1 N–H and O–H groups in total. The van der Waals surface area contributed by atoms with Crippen LogP contribution in [0.4, 0.5) is 0 Å². The minimum atomic E-state index is 0.685. The predicted octanol–water partition coefficient (Wildman–Crippen LogP) is 1.53. The Balaban J connectivity index is 2.31. The zero-order valence-corrected chi connectivity index (χ0v) is 7.36. The van der Waals surface area contributed by atoms with Crippen molar-refractivity contribution in [2.24, 2.45) is 0 Å². The van der Waals surface area contributed by atoms with Gasteiger partial charge in [0.15, 0.2) is 0 Å². The molecule has 0 bridgehead atoms. The van der Waals surface area contributed by atoms with E-state index < -0.39 is 0 Å². The van der Waals surface area contributed by atoms with Gasteiger partial charge in [-0.1, -0.05) is 6.08 Å². The van der Waals surface area contributed by atoms with Crippen molar-refractivity contribution in [3.05, 3.63) is 42.4 Å². The van der Waals surface area contributed by atoms with E-state index in [2.05, 4.69) is 26.9 Å². The molecule has 4 heteroatoms. The second-order valence-electron chi connectivity index (χ2n) is 2.35. The molecule has 0 saturated heterocycles. The standard InChI is InChI=1S/C8H8N3P/c1-2-12-11-5-7(1)8-3-9-6-10-4-8/h1-6,11-12H. The molecule has 0 amide bonds. The SMILES string of the molecule is C1=CC(c2cncnc2)=CNP1. The Morgan fingerprint density at radius 1 is 1.25 bits per heavy atom. The van der Waals surface area contributed by atoms with Gasteiger partial charge in [-0.25, -0.2) is 9.97 Å². The maximum atomic E-state index is 3.95. The molecular formula is C8H8N3P. The number of allylic oxidation sites excluding steroid dienone is 2. The lowest BCUT2D eigenvalue weighted by molar-refractivity contribution is 1.15. The smallest absolute Gasteiger partial charge is 0.115 e. The minimum absolute atomic E-state index is 0.685. The van der Waals surface area contributed by atoms with Gasteiger partial charge in [0, 0.05) is 29.7 Å². The van der Waals surface area contributed by atoms with Gasteiger partial charge in [0.05, 0.1) is 0 Å². The first-order valence-corrected chi connectivity index (χ1v) is 4.68. The lowest BCUT2D eigenvalue weighted by Crippen LogP contribution is -1.94. The summed E-state index contributed by atoms with van der Waals surface area (Å²) in [5, 5.41) is 3.16. The molecule has 0 radical (unpaired) electrons. The molecule has 1 aliphatic rings. The summed E-state index contributed by atoms with van der Waals surface area (Å²) in [6, 6.07) is 0. The number of hydrogen-bond donors (Lipinski definition) is 1. The first kappa shape index (κ1) is 7.44. The predicted molar refractivity (Wildman–Crippen MR) is 50.6 cm³/mol. The molecule has 0 spiro atoms. The average molecular weight is 177 g/mol. The van der Waals surface area contributed by atoms with Gasteiger partial charge in [0.2, 0.25) is 0 Å². The van der Waals surface area contributed by atoms with Gasteiger partial charge < -0.3 is 5.09 Å². The number of rotatable bonds is 1. The van der Waals surface area contributed by atoms with E-state index in [0.717, 1.165) is 11.1 Å². The van der Waals surface area contributed by atoms with Crippen LogP contribution in [0.15, 0.2) is 36.8 Å². The van der Waals surface area contributed by atoms with Crippen LogP contribution in [0.2, 0.25) is 0 Å². The monoisotopic (exact) mass is 177 g/mol. The zero-order valence-electron chi connectivity index (χ0n) is 6.36. The summed E-state index contributed by atoms with van der Waals surface area (Å²) in [6.07, 6.45) is 9.20. The number of nitrogens with one attached hydrogen (secondary N) is 1. The van der Waals surface area contributed by atoms with Gasteiger partial charge in [-0.3, -0.25) is 0 Å². The molecule has 0 aliphatic carbocycles. The summed E-state index contributed by atoms with van der Waals surface area (Å²) in [7, 11) is 0.685. The Morgan fingerprint density at radius 3 is 2.75 bits per heavy atom. The first-order chi connectivity index (χ1) is 5.97. The van der Waals surface area contributed by atoms with E-state index in [1.807, 2.05) is 6.20 Å². The van der Waals surface area contributed by atoms with Crippen molar-refractivity contribution in [2.45, 2.75) is 0 Å². The van der Waals surface area contributed by atoms with Crippen LogP contribution >= 0.6 is 8.73 Å². The van der Waals surface area contributed by atoms with Crippen LogP contribution in [0, 0.1) is 0 Å². The van der Waals surface area contributed by atoms with E-state index in [1.54, 1.807) is 12.4 Å². The van der Waals surface area contributed by atoms with Gasteiger partial charge >= 0.3 is 0 Å². The molecule has 12 heavy (non-hydrogen) atoms. The van der Waals surface area contributed by atoms with E-state index in [1.165, 1.54) is 6.33 Å². The molecule has 1 atom stereocenters. The second-order valence-corrected chi connectivity index (χ2v) is 3.26. The Morgan fingerprint density at radius 2 is 2.08 bits per heavy atom. The fraction of sp³-hybridized carbons (Fsp3) is 0. The highest BCUT2D eigenvalue weighted by molar-refractivity contribution is 7.39. The minimum Gasteiger partial charge on any atom is -0.369 e. The third kappa shape index (κ3) is 1.51. The van der Waals surface area contributed by atoms with Crippen molar-refractivity contribution in [2.75, 3.05) is 0 Å². The molecule has 1 unspecified atom stereocenters. The fourth-order valence-corrected chi connectivity index (χ4v) is 1.57. The van der Waals surface area contributed by atoms with Crippen LogP contribution in [0.3, 0.4) is 0 Å². The largest absolute Gasteiger partial charge is 0.369 e. The number of nitrogens with zero attached hydrogens (tertiary/aromatic N) is 2. The third-order valence-electron chi connectivity index (χ3n) is 1.55. The van der Waals surface area contributed by atoms with Crippen LogP contribution in [0.25, 0.3) is 5.57 Å². The van der Waals surface area contributed by atoms with Gasteiger partial charge in [-0.2, -0.15) is 0 Å². The van der Waals surface area contributed by atoms with Crippen LogP contribution in [0.5, 0.6) is 0 Å². The topological polar surface area (TPSA) is 37.8 Å². The Hall–Kier alpha value is -1.21. The maximum Gasteiger partial charge on any atom is 0.115 e. The van der Waals surface area contributed by atoms with Crippen molar-refractivity contribution in [3.63, 3.8) is 0 Å². The van der Waals surface area contributed by atoms with Crippen molar-refractivity contribution in [3.8, 4) is 0 Å². The molecule has 1 aliphatic heterocycles. The molecule has 3 nitrogen and oxygen atoms in total. The number of aromatic nitrogens is 2. The number of hydrogen-bond acceptors (Lipinski definition) is 3. The lowest BCUT2D eigenvalue weighted by Gasteiger charge is -2.06. The van der Waals surface area contributed by atoms with Gasteiger partial charge in [-0.05, 0) is 14.5 Å². The highest BCUT2D eigenvalue weighted by Gasteiger charge is 1.99. The molecule has 0 saturated carbocycles. The first-order valence-electron chi connectivity index (χ1n) is 3.60. The van der Waals surface area contributed by atoms with Crippen LogP contribution in [-0.4, -0.2) is 9.97 Å². The highest BCUT2D eigenvalue weighted by atomic mass is 31.1. The van der Waals surface area contributed by atoms with E-state index >= 15 is 0 Å². The summed E-state index contributed by atoms with van der Waals surface area (Å²) in [5.41, 5.74) is 2.18. The summed E-state index contributed by atoms with van der Waals surface area (Å²) < 4.78 is 0. The van der Waals surface area contributed by atoms with E-state index in [-0.39, 0.29) is 0 Å². The van der Waals surface area contributed by atoms with Gasteiger partial charge in [0.1, 0.15) is 6.33 Å². The summed E-state index contributed by atoms with van der Waals surface area (Å²) in [6.45, 7) is 0. The average Bonchev–Trinajstić information content (AvgIpc) is 2.21. The fourth-order valence-electron chi connectivity index (χ4n) is 0.975. The zero-order chi connectivity index (χ0) is 8.23. The van der Waals surface area contributed by atoms with Crippen molar-refractivity contribution in [1.29, 1.82) is 0 Å². The van der Waals surface area contributed by atoms with Crippen molar-refractivity contribution >= 4 is 14.3 Å². The van der Waals surface area contributed by atoms with Crippen LogP contribution < -0.4 is 5.09 Å². The molecular weight excluding hydrogens is 169 g/mol. The van der Waals surface area contributed by atoms with E-state index in [0.29, 0.717) is 8.73 Å². The summed E-state index contributed by atoms with van der Waals surface area (Å²) >= 11 is 0.